The average Bonchev–Trinajstić information content (AvgIpc) is 2.35. The molecule has 2 rings (SSSR count). The molecule has 88 valence electrons. The predicted molar refractivity (Wildman–Crippen MR) is 63.1 cm³/mol. The summed E-state index contributed by atoms with van der Waals surface area (Å²) in [4.78, 5) is 11.1. The van der Waals surface area contributed by atoms with E-state index in [4.69, 9.17) is 5.11 Å². The molecule has 0 saturated carbocycles. The van der Waals surface area contributed by atoms with Gasteiger partial charge in [0.25, 0.3) is 0 Å². The van der Waals surface area contributed by atoms with Gasteiger partial charge >= 0.3 is 0 Å². The standard InChI is InChI=1S/C13H12O4/c14-7-9(15)5-8-6-12(16)10-3-1-2-4-11(10)13(8)17/h1-4,6,14,16-17H,5,7H2. The zero-order valence-electron chi connectivity index (χ0n) is 9.05. The molecule has 0 heterocycles. The molecule has 0 saturated heterocycles. The third-order valence-corrected chi connectivity index (χ3v) is 2.64. The van der Waals surface area contributed by atoms with Gasteiger partial charge in [0, 0.05) is 22.8 Å². The summed E-state index contributed by atoms with van der Waals surface area (Å²) in [6, 6.07) is 8.18. The van der Waals surface area contributed by atoms with Crippen LogP contribution < -0.4 is 0 Å². The van der Waals surface area contributed by atoms with Gasteiger partial charge in [-0.15, -0.1) is 0 Å². The monoisotopic (exact) mass is 232 g/mol. The number of Topliss-reactive ketones (excluding diaryl/α,β-unsaturated/α-hetero) is 1. The van der Waals surface area contributed by atoms with Crippen molar-refractivity contribution in [1.29, 1.82) is 0 Å². The van der Waals surface area contributed by atoms with Gasteiger partial charge in [-0.1, -0.05) is 24.3 Å². The Morgan fingerprint density at radius 2 is 1.76 bits per heavy atom. The van der Waals surface area contributed by atoms with Gasteiger partial charge in [-0.3, -0.25) is 4.79 Å². The van der Waals surface area contributed by atoms with E-state index in [0.29, 0.717) is 16.3 Å². The van der Waals surface area contributed by atoms with Crippen molar-refractivity contribution in [2.75, 3.05) is 6.61 Å². The quantitative estimate of drug-likeness (QED) is 0.698. The summed E-state index contributed by atoms with van der Waals surface area (Å²) < 4.78 is 0. The molecule has 0 aliphatic heterocycles. The van der Waals surface area contributed by atoms with Crippen LogP contribution in [0, 0.1) is 0 Å². The molecular weight excluding hydrogens is 220 g/mol. The summed E-state index contributed by atoms with van der Waals surface area (Å²) in [6.45, 7) is -0.576. The van der Waals surface area contributed by atoms with E-state index in [1.165, 1.54) is 6.07 Å². The largest absolute Gasteiger partial charge is 0.507 e. The minimum Gasteiger partial charge on any atom is -0.507 e. The van der Waals surface area contributed by atoms with Crippen molar-refractivity contribution in [2.45, 2.75) is 6.42 Å². The number of carbonyl (C=O) groups is 1. The molecule has 0 aromatic heterocycles. The maximum atomic E-state index is 11.1. The molecule has 2 aromatic carbocycles. The Hall–Kier alpha value is -2.07. The number of benzene rings is 2. The summed E-state index contributed by atoms with van der Waals surface area (Å²) in [5.41, 5.74) is 0.320. The lowest BCUT2D eigenvalue weighted by atomic mass is 10.0. The molecule has 3 N–H and O–H groups in total. The van der Waals surface area contributed by atoms with Crippen LogP contribution in [0.5, 0.6) is 11.5 Å². The van der Waals surface area contributed by atoms with Crippen molar-refractivity contribution in [3.63, 3.8) is 0 Å². The second-order valence-electron chi connectivity index (χ2n) is 3.82. The number of carbonyl (C=O) groups excluding carboxylic acids is 1. The molecule has 2 aromatic rings. The second-order valence-corrected chi connectivity index (χ2v) is 3.82. The summed E-state index contributed by atoms with van der Waals surface area (Å²) in [6.07, 6.45) is -0.0965. The molecule has 0 amide bonds. The lowest BCUT2D eigenvalue weighted by Crippen LogP contribution is -2.07. The first-order valence-corrected chi connectivity index (χ1v) is 5.18. The number of ketones is 1. The van der Waals surface area contributed by atoms with Gasteiger partial charge in [0.1, 0.15) is 18.1 Å². The molecule has 0 fully saturated rings. The lowest BCUT2D eigenvalue weighted by molar-refractivity contribution is -0.121. The topological polar surface area (TPSA) is 77.8 Å². The molecule has 0 unspecified atom stereocenters. The van der Waals surface area contributed by atoms with E-state index in [2.05, 4.69) is 0 Å². The van der Waals surface area contributed by atoms with Gasteiger partial charge in [-0.2, -0.15) is 0 Å². The number of aliphatic hydroxyl groups is 1. The van der Waals surface area contributed by atoms with E-state index in [1.807, 2.05) is 0 Å². The fourth-order valence-electron chi connectivity index (χ4n) is 1.80. The van der Waals surface area contributed by atoms with Crippen molar-refractivity contribution in [3.05, 3.63) is 35.9 Å². The third kappa shape index (κ3) is 2.07. The number of aliphatic hydroxyl groups excluding tert-OH is 1. The fraction of sp³-hybridized carbons (Fsp3) is 0.154. The molecule has 0 aliphatic carbocycles. The zero-order valence-corrected chi connectivity index (χ0v) is 9.05. The van der Waals surface area contributed by atoms with Crippen LogP contribution in [0.2, 0.25) is 0 Å². The van der Waals surface area contributed by atoms with E-state index >= 15 is 0 Å². The molecule has 0 radical (unpaired) electrons. The number of fused-ring (bicyclic) bond motifs is 1. The van der Waals surface area contributed by atoms with Crippen LogP contribution in [0.15, 0.2) is 30.3 Å². The highest BCUT2D eigenvalue weighted by Gasteiger charge is 2.13. The van der Waals surface area contributed by atoms with Crippen molar-refractivity contribution >= 4 is 16.6 Å². The molecule has 4 heteroatoms. The number of hydrogen-bond acceptors (Lipinski definition) is 4. The Kier molecular flexibility index (Phi) is 2.97. The van der Waals surface area contributed by atoms with Crippen molar-refractivity contribution in [2.24, 2.45) is 0 Å². The molecule has 4 nitrogen and oxygen atoms in total. The van der Waals surface area contributed by atoms with Gasteiger partial charge in [-0.25, -0.2) is 0 Å². The number of hydrogen-bond donors (Lipinski definition) is 3. The minimum absolute atomic E-state index is 0.0131. The Labute approximate surface area is 97.8 Å². The van der Waals surface area contributed by atoms with Crippen LogP contribution in [-0.4, -0.2) is 27.7 Å². The van der Waals surface area contributed by atoms with Crippen LogP contribution in [-0.2, 0) is 11.2 Å². The van der Waals surface area contributed by atoms with E-state index in [-0.39, 0.29) is 17.9 Å². The second kappa shape index (κ2) is 4.43. The van der Waals surface area contributed by atoms with Crippen LogP contribution >= 0.6 is 0 Å². The van der Waals surface area contributed by atoms with E-state index < -0.39 is 12.4 Å². The Morgan fingerprint density at radius 1 is 1.12 bits per heavy atom. The maximum Gasteiger partial charge on any atom is 0.162 e. The normalized spacial score (nSPS) is 10.6. The van der Waals surface area contributed by atoms with Crippen molar-refractivity contribution in [3.8, 4) is 11.5 Å². The highest BCUT2D eigenvalue weighted by Crippen LogP contribution is 2.35. The molecule has 0 aliphatic rings. The number of phenolic OH excluding ortho intramolecular Hbond substituents is 2. The average molecular weight is 232 g/mol. The Bertz CT molecular complexity index is 575. The van der Waals surface area contributed by atoms with Crippen molar-refractivity contribution < 1.29 is 20.1 Å². The van der Waals surface area contributed by atoms with Gasteiger partial charge < -0.3 is 15.3 Å². The first-order chi connectivity index (χ1) is 8.13. The number of rotatable bonds is 3. The SMILES string of the molecule is O=C(CO)Cc1cc(O)c2ccccc2c1O. The minimum atomic E-state index is -0.576. The van der Waals surface area contributed by atoms with E-state index in [9.17, 15) is 15.0 Å². The Balaban J connectivity index is 2.58. The summed E-state index contributed by atoms with van der Waals surface area (Å²) in [5.74, 6) is -0.422. The van der Waals surface area contributed by atoms with Gasteiger partial charge in [0.2, 0.25) is 0 Å². The highest BCUT2D eigenvalue weighted by atomic mass is 16.3. The summed E-state index contributed by atoms with van der Waals surface area (Å²) in [5, 5.41) is 29.5. The van der Waals surface area contributed by atoms with Crippen LogP contribution in [0.25, 0.3) is 10.8 Å². The van der Waals surface area contributed by atoms with Crippen LogP contribution in [0.1, 0.15) is 5.56 Å². The number of phenols is 2. The van der Waals surface area contributed by atoms with Crippen molar-refractivity contribution in [1.82, 2.24) is 0 Å². The molecule has 17 heavy (non-hydrogen) atoms. The first-order valence-electron chi connectivity index (χ1n) is 5.18. The predicted octanol–water partition coefficient (Wildman–Crippen LogP) is 1.35. The van der Waals surface area contributed by atoms with Crippen LogP contribution in [0.4, 0.5) is 0 Å². The van der Waals surface area contributed by atoms with E-state index in [1.54, 1.807) is 24.3 Å². The van der Waals surface area contributed by atoms with Gasteiger partial charge in [0.15, 0.2) is 5.78 Å². The lowest BCUT2D eigenvalue weighted by Gasteiger charge is -2.08. The van der Waals surface area contributed by atoms with Crippen LogP contribution in [0.3, 0.4) is 0 Å². The smallest absolute Gasteiger partial charge is 0.162 e. The number of aromatic hydroxyl groups is 2. The Morgan fingerprint density at radius 3 is 2.41 bits per heavy atom. The van der Waals surface area contributed by atoms with E-state index in [0.717, 1.165) is 0 Å². The maximum absolute atomic E-state index is 11.1. The first kappa shape index (κ1) is 11.4. The van der Waals surface area contributed by atoms with Gasteiger partial charge in [0.05, 0.1) is 0 Å². The highest BCUT2D eigenvalue weighted by molar-refractivity contribution is 5.95. The molecule has 0 bridgehead atoms. The molecular formula is C13H12O4. The summed E-state index contributed by atoms with van der Waals surface area (Å²) >= 11 is 0. The van der Waals surface area contributed by atoms with Gasteiger partial charge in [-0.05, 0) is 6.07 Å². The zero-order chi connectivity index (χ0) is 12.4. The summed E-state index contributed by atoms with van der Waals surface area (Å²) in [7, 11) is 0. The third-order valence-electron chi connectivity index (χ3n) is 2.64. The molecule has 0 spiro atoms. The fourth-order valence-corrected chi connectivity index (χ4v) is 1.80. The molecule has 0 atom stereocenters.